The van der Waals surface area contributed by atoms with Gasteiger partial charge in [-0.1, -0.05) is 48.5 Å². The third-order valence-electron chi connectivity index (χ3n) is 4.76. The van der Waals surface area contributed by atoms with Gasteiger partial charge in [0.1, 0.15) is 0 Å². The molecule has 2 nitrogen and oxygen atoms in total. The van der Waals surface area contributed by atoms with Crippen LogP contribution in [0.25, 0.3) is 21.5 Å². The molecule has 1 aliphatic rings. The SMILES string of the molecule is CC(C)N1CC(=O)c2c(c3ccccc3c3ccccc23)C1. The number of hydrogen-bond donors (Lipinski definition) is 0. The molecule has 2 heteroatoms. The van der Waals surface area contributed by atoms with Crippen LogP contribution in [0, 0.1) is 0 Å². The first-order valence-corrected chi connectivity index (χ1v) is 7.86. The molecule has 0 saturated heterocycles. The summed E-state index contributed by atoms with van der Waals surface area (Å²) < 4.78 is 0. The molecule has 3 aromatic carbocycles. The fraction of sp³-hybridized carbons (Fsp3) is 0.250. The van der Waals surface area contributed by atoms with Crippen molar-refractivity contribution in [1.29, 1.82) is 0 Å². The topological polar surface area (TPSA) is 20.3 Å². The molecule has 0 amide bonds. The van der Waals surface area contributed by atoms with Gasteiger partial charge in [-0.15, -0.1) is 0 Å². The summed E-state index contributed by atoms with van der Waals surface area (Å²) in [6.07, 6.45) is 0. The van der Waals surface area contributed by atoms with E-state index >= 15 is 0 Å². The fourth-order valence-corrected chi connectivity index (χ4v) is 3.58. The van der Waals surface area contributed by atoms with E-state index in [1.807, 2.05) is 6.07 Å². The molecular weight excluding hydrogens is 270 g/mol. The van der Waals surface area contributed by atoms with Gasteiger partial charge in [0.15, 0.2) is 5.78 Å². The summed E-state index contributed by atoms with van der Waals surface area (Å²) in [4.78, 5) is 15.1. The summed E-state index contributed by atoms with van der Waals surface area (Å²) in [7, 11) is 0. The molecule has 0 unspecified atom stereocenters. The zero-order valence-electron chi connectivity index (χ0n) is 13.0. The van der Waals surface area contributed by atoms with Crippen molar-refractivity contribution in [2.45, 2.75) is 26.4 Å². The Morgan fingerprint density at radius 1 is 0.818 bits per heavy atom. The van der Waals surface area contributed by atoms with Crippen LogP contribution in [0.15, 0.2) is 48.5 Å². The summed E-state index contributed by atoms with van der Waals surface area (Å²) in [6, 6.07) is 17.1. The minimum Gasteiger partial charge on any atom is -0.293 e. The second-order valence-corrected chi connectivity index (χ2v) is 6.37. The summed E-state index contributed by atoms with van der Waals surface area (Å²) in [6.45, 7) is 5.68. The van der Waals surface area contributed by atoms with E-state index in [1.165, 1.54) is 21.7 Å². The van der Waals surface area contributed by atoms with Crippen molar-refractivity contribution in [2.24, 2.45) is 0 Å². The molecule has 110 valence electrons. The van der Waals surface area contributed by atoms with Crippen molar-refractivity contribution in [3.63, 3.8) is 0 Å². The molecule has 0 saturated carbocycles. The zero-order chi connectivity index (χ0) is 15.3. The number of rotatable bonds is 1. The molecule has 1 heterocycles. The third-order valence-corrected chi connectivity index (χ3v) is 4.76. The smallest absolute Gasteiger partial charge is 0.177 e. The number of hydrogen-bond acceptors (Lipinski definition) is 2. The van der Waals surface area contributed by atoms with Gasteiger partial charge in [-0.05, 0) is 41.0 Å². The van der Waals surface area contributed by atoms with Crippen LogP contribution in [0.2, 0.25) is 0 Å². The number of benzene rings is 3. The van der Waals surface area contributed by atoms with E-state index in [9.17, 15) is 4.79 Å². The molecule has 3 aromatic rings. The Labute approximate surface area is 130 Å². The van der Waals surface area contributed by atoms with E-state index in [1.54, 1.807) is 0 Å². The number of carbonyl (C=O) groups is 1. The summed E-state index contributed by atoms with van der Waals surface area (Å²) in [5.74, 6) is 0.247. The zero-order valence-corrected chi connectivity index (χ0v) is 13.0. The largest absolute Gasteiger partial charge is 0.293 e. The first kappa shape index (κ1) is 13.5. The van der Waals surface area contributed by atoms with E-state index in [0.29, 0.717) is 12.6 Å². The van der Waals surface area contributed by atoms with Gasteiger partial charge in [-0.3, -0.25) is 9.69 Å². The number of Topliss-reactive ketones (excluding diaryl/α,β-unsaturated/α-hetero) is 1. The van der Waals surface area contributed by atoms with Crippen molar-refractivity contribution in [2.75, 3.05) is 6.54 Å². The van der Waals surface area contributed by atoms with E-state index in [-0.39, 0.29) is 5.78 Å². The lowest BCUT2D eigenvalue weighted by Crippen LogP contribution is -2.39. The lowest BCUT2D eigenvalue weighted by Gasteiger charge is -2.32. The molecule has 0 N–H and O–H groups in total. The van der Waals surface area contributed by atoms with Gasteiger partial charge in [-0.2, -0.15) is 0 Å². The monoisotopic (exact) mass is 289 g/mol. The Bertz CT molecular complexity index is 895. The molecule has 1 aliphatic heterocycles. The highest BCUT2D eigenvalue weighted by molar-refractivity contribution is 6.20. The number of fused-ring (bicyclic) bond motifs is 6. The van der Waals surface area contributed by atoms with Crippen LogP contribution in [0.3, 0.4) is 0 Å². The summed E-state index contributed by atoms with van der Waals surface area (Å²) in [5.41, 5.74) is 2.13. The maximum Gasteiger partial charge on any atom is 0.177 e. The van der Waals surface area contributed by atoms with Crippen LogP contribution in [0.5, 0.6) is 0 Å². The van der Waals surface area contributed by atoms with Crippen LogP contribution in [0.1, 0.15) is 29.8 Å². The normalized spacial score (nSPS) is 15.7. The Balaban J connectivity index is 2.13. The maximum absolute atomic E-state index is 12.8. The Kier molecular flexibility index (Phi) is 3.02. The predicted octanol–water partition coefficient (Wildman–Crippen LogP) is 4.40. The minimum atomic E-state index is 0.247. The summed E-state index contributed by atoms with van der Waals surface area (Å²) >= 11 is 0. The molecule has 0 bridgehead atoms. The molecule has 0 atom stereocenters. The van der Waals surface area contributed by atoms with Gasteiger partial charge in [0, 0.05) is 18.2 Å². The van der Waals surface area contributed by atoms with Crippen LogP contribution in [-0.2, 0) is 6.54 Å². The van der Waals surface area contributed by atoms with Gasteiger partial charge in [0.05, 0.1) is 6.54 Å². The third kappa shape index (κ3) is 1.87. The van der Waals surface area contributed by atoms with Crippen molar-refractivity contribution < 1.29 is 4.79 Å². The van der Waals surface area contributed by atoms with Crippen LogP contribution in [0.4, 0.5) is 0 Å². The van der Waals surface area contributed by atoms with Gasteiger partial charge in [0.25, 0.3) is 0 Å². The Morgan fingerprint density at radius 2 is 1.36 bits per heavy atom. The second-order valence-electron chi connectivity index (χ2n) is 6.37. The molecular formula is C20H19NO. The van der Waals surface area contributed by atoms with Gasteiger partial charge < -0.3 is 0 Å². The van der Waals surface area contributed by atoms with Gasteiger partial charge in [0.2, 0.25) is 0 Å². The standard InChI is InChI=1S/C20H19NO/c1-13(2)21-11-18-16-9-4-3-7-14(16)15-8-5-6-10-17(15)20(18)19(22)12-21/h3-10,13H,11-12H2,1-2H3. The first-order chi connectivity index (χ1) is 10.7. The molecule has 0 aliphatic carbocycles. The molecule has 0 fully saturated rings. The van der Waals surface area contributed by atoms with Crippen LogP contribution in [-0.4, -0.2) is 23.3 Å². The van der Waals surface area contributed by atoms with Gasteiger partial charge in [-0.25, -0.2) is 0 Å². The molecule has 4 rings (SSSR count). The fourth-order valence-electron chi connectivity index (χ4n) is 3.58. The quantitative estimate of drug-likeness (QED) is 0.619. The van der Waals surface area contributed by atoms with Crippen molar-refractivity contribution >= 4 is 27.3 Å². The molecule has 0 radical (unpaired) electrons. The highest BCUT2D eigenvalue weighted by Crippen LogP contribution is 2.36. The molecule has 0 aromatic heterocycles. The summed E-state index contributed by atoms with van der Waals surface area (Å²) in [5, 5.41) is 4.75. The van der Waals surface area contributed by atoms with E-state index in [4.69, 9.17) is 0 Å². The van der Waals surface area contributed by atoms with Crippen LogP contribution >= 0.6 is 0 Å². The van der Waals surface area contributed by atoms with E-state index in [0.717, 1.165) is 17.5 Å². The maximum atomic E-state index is 12.8. The average Bonchev–Trinajstić information content (AvgIpc) is 2.54. The molecule has 0 spiro atoms. The number of ketones is 1. The lowest BCUT2D eigenvalue weighted by molar-refractivity contribution is 0.0871. The van der Waals surface area contributed by atoms with E-state index < -0.39 is 0 Å². The minimum absolute atomic E-state index is 0.247. The average molecular weight is 289 g/mol. The van der Waals surface area contributed by atoms with Gasteiger partial charge >= 0.3 is 0 Å². The second kappa shape index (κ2) is 4.92. The van der Waals surface area contributed by atoms with Crippen molar-refractivity contribution in [3.05, 3.63) is 59.7 Å². The Hall–Kier alpha value is -2.19. The highest BCUT2D eigenvalue weighted by Gasteiger charge is 2.28. The molecule has 22 heavy (non-hydrogen) atoms. The number of carbonyl (C=O) groups excluding carboxylic acids is 1. The highest BCUT2D eigenvalue weighted by atomic mass is 16.1. The Morgan fingerprint density at radius 3 is 2.00 bits per heavy atom. The first-order valence-electron chi connectivity index (χ1n) is 7.86. The van der Waals surface area contributed by atoms with E-state index in [2.05, 4.69) is 61.2 Å². The number of nitrogens with zero attached hydrogens (tertiary/aromatic N) is 1. The van der Waals surface area contributed by atoms with Crippen LogP contribution < -0.4 is 0 Å². The van der Waals surface area contributed by atoms with Crippen molar-refractivity contribution in [3.8, 4) is 0 Å². The van der Waals surface area contributed by atoms with Crippen molar-refractivity contribution in [1.82, 2.24) is 4.90 Å². The lowest BCUT2D eigenvalue weighted by atomic mass is 9.87. The predicted molar refractivity (Wildman–Crippen MR) is 91.3 cm³/mol.